The molecule has 0 saturated heterocycles. The molecule has 3 heteroatoms. The van der Waals surface area contributed by atoms with E-state index in [1.54, 1.807) is 12.1 Å². The van der Waals surface area contributed by atoms with Crippen LogP contribution in [-0.4, -0.2) is 24.6 Å². The van der Waals surface area contributed by atoms with Gasteiger partial charge in [0.25, 0.3) is 0 Å². The van der Waals surface area contributed by atoms with Gasteiger partial charge >= 0.3 is 0 Å². The van der Waals surface area contributed by atoms with Crippen LogP contribution >= 0.6 is 0 Å². The maximum Gasteiger partial charge on any atom is 0.150 e. The fraction of sp³-hybridized carbons (Fsp3) is 0.632. The molecular formula is C19H30O3. The van der Waals surface area contributed by atoms with E-state index >= 15 is 0 Å². The van der Waals surface area contributed by atoms with Crippen molar-refractivity contribution in [2.24, 2.45) is 0 Å². The Bertz CT molecular complexity index is 373. The lowest BCUT2D eigenvalue weighted by Gasteiger charge is -2.06. The second kappa shape index (κ2) is 13.3. The molecule has 0 fully saturated rings. The van der Waals surface area contributed by atoms with Crippen molar-refractivity contribution >= 4 is 6.29 Å². The zero-order valence-corrected chi connectivity index (χ0v) is 13.6. The fourth-order valence-electron chi connectivity index (χ4n) is 2.46. The highest BCUT2D eigenvalue weighted by Gasteiger charge is 1.96. The van der Waals surface area contributed by atoms with Crippen LogP contribution in [0.1, 0.15) is 74.6 Å². The number of aldehydes is 1. The quantitative estimate of drug-likeness (QED) is 0.398. The Morgan fingerprint density at radius 3 is 1.77 bits per heavy atom. The third-order valence-electron chi connectivity index (χ3n) is 3.84. The predicted octanol–water partition coefficient (Wildman–Crippen LogP) is 4.77. The first kappa shape index (κ1) is 18.7. The van der Waals surface area contributed by atoms with Crippen LogP contribution < -0.4 is 4.74 Å². The van der Waals surface area contributed by atoms with Gasteiger partial charge in [0.1, 0.15) is 12.0 Å². The summed E-state index contributed by atoms with van der Waals surface area (Å²) >= 11 is 0. The lowest BCUT2D eigenvalue weighted by atomic mass is 10.1. The van der Waals surface area contributed by atoms with Gasteiger partial charge in [0.2, 0.25) is 0 Å². The molecule has 1 aromatic rings. The van der Waals surface area contributed by atoms with Gasteiger partial charge in [-0.1, -0.05) is 51.4 Å². The lowest BCUT2D eigenvalue weighted by Crippen LogP contribution is -1.97. The van der Waals surface area contributed by atoms with Crippen molar-refractivity contribution < 1.29 is 14.6 Å². The number of carbonyl (C=O) groups excluding carboxylic acids is 1. The number of carbonyl (C=O) groups is 1. The molecule has 0 bridgehead atoms. The minimum Gasteiger partial charge on any atom is -0.494 e. The van der Waals surface area contributed by atoms with Crippen LogP contribution in [0.15, 0.2) is 24.3 Å². The van der Waals surface area contributed by atoms with Crippen molar-refractivity contribution in [2.75, 3.05) is 13.2 Å². The Morgan fingerprint density at radius 2 is 1.27 bits per heavy atom. The van der Waals surface area contributed by atoms with Crippen LogP contribution in [-0.2, 0) is 0 Å². The summed E-state index contributed by atoms with van der Waals surface area (Å²) in [4.78, 5) is 10.5. The molecule has 0 heterocycles. The van der Waals surface area contributed by atoms with E-state index in [1.807, 2.05) is 12.1 Å². The summed E-state index contributed by atoms with van der Waals surface area (Å²) in [5.74, 6) is 0.841. The van der Waals surface area contributed by atoms with E-state index in [1.165, 1.54) is 51.4 Å². The first-order valence-electron chi connectivity index (χ1n) is 8.65. The molecule has 0 atom stereocenters. The van der Waals surface area contributed by atoms with E-state index in [9.17, 15) is 4.79 Å². The van der Waals surface area contributed by atoms with Gasteiger partial charge in [-0.05, 0) is 37.1 Å². The van der Waals surface area contributed by atoms with Crippen molar-refractivity contribution in [1.29, 1.82) is 0 Å². The molecule has 0 radical (unpaired) electrons. The van der Waals surface area contributed by atoms with E-state index in [0.717, 1.165) is 31.5 Å². The van der Waals surface area contributed by atoms with Crippen molar-refractivity contribution in [3.05, 3.63) is 29.8 Å². The first-order chi connectivity index (χ1) is 10.9. The lowest BCUT2D eigenvalue weighted by molar-refractivity contribution is 0.112. The minimum absolute atomic E-state index is 0.337. The number of hydrogen-bond donors (Lipinski definition) is 1. The number of rotatable bonds is 14. The molecule has 0 unspecified atom stereocenters. The topological polar surface area (TPSA) is 46.5 Å². The molecular weight excluding hydrogens is 276 g/mol. The number of aliphatic hydroxyl groups is 1. The van der Waals surface area contributed by atoms with E-state index in [4.69, 9.17) is 9.84 Å². The summed E-state index contributed by atoms with van der Waals surface area (Å²) in [5, 5.41) is 8.68. The monoisotopic (exact) mass is 306 g/mol. The summed E-state index contributed by atoms with van der Waals surface area (Å²) in [6.45, 7) is 1.09. The van der Waals surface area contributed by atoms with Gasteiger partial charge in [-0.2, -0.15) is 0 Å². The number of benzene rings is 1. The second-order valence-corrected chi connectivity index (χ2v) is 5.79. The van der Waals surface area contributed by atoms with Gasteiger partial charge in [-0.3, -0.25) is 4.79 Å². The van der Waals surface area contributed by atoms with E-state index in [2.05, 4.69) is 0 Å². The highest BCUT2D eigenvalue weighted by Crippen LogP contribution is 2.13. The Labute approximate surface area is 134 Å². The Kier molecular flexibility index (Phi) is 11.3. The average Bonchev–Trinajstić information content (AvgIpc) is 2.56. The van der Waals surface area contributed by atoms with Gasteiger partial charge in [0, 0.05) is 12.2 Å². The molecule has 0 saturated carbocycles. The molecule has 0 aliphatic rings. The zero-order valence-electron chi connectivity index (χ0n) is 13.6. The summed E-state index contributed by atoms with van der Waals surface area (Å²) < 4.78 is 5.65. The molecule has 1 rings (SSSR count). The maximum absolute atomic E-state index is 10.5. The molecule has 0 aliphatic carbocycles. The molecule has 1 aromatic carbocycles. The summed E-state index contributed by atoms with van der Waals surface area (Å²) in [6.07, 6.45) is 13.1. The van der Waals surface area contributed by atoms with Crippen LogP contribution in [0.4, 0.5) is 0 Å². The third-order valence-corrected chi connectivity index (χ3v) is 3.84. The molecule has 3 nitrogen and oxygen atoms in total. The van der Waals surface area contributed by atoms with Crippen molar-refractivity contribution in [2.45, 2.75) is 64.2 Å². The Hall–Kier alpha value is -1.35. The van der Waals surface area contributed by atoms with Gasteiger partial charge in [-0.15, -0.1) is 0 Å². The SMILES string of the molecule is O=Cc1ccc(OCCCCCCCCCCCCO)cc1. The van der Waals surface area contributed by atoms with E-state index in [0.29, 0.717) is 12.2 Å². The number of ether oxygens (including phenoxy) is 1. The summed E-state index contributed by atoms with van der Waals surface area (Å²) in [6, 6.07) is 7.26. The van der Waals surface area contributed by atoms with E-state index in [-0.39, 0.29) is 0 Å². The largest absolute Gasteiger partial charge is 0.494 e. The number of hydrogen-bond acceptors (Lipinski definition) is 3. The number of aliphatic hydroxyl groups excluding tert-OH is 1. The number of unbranched alkanes of at least 4 members (excludes halogenated alkanes) is 9. The van der Waals surface area contributed by atoms with Gasteiger partial charge in [-0.25, -0.2) is 0 Å². The van der Waals surface area contributed by atoms with Crippen molar-refractivity contribution in [1.82, 2.24) is 0 Å². The first-order valence-corrected chi connectivity index (χ1v) is 8.65. The van der Waals surface area contributed by atoms with Crippen molar-refractivity contribution in [3.63, 3.8) is 0 Å². The van der Waals surface area contributed by atoms with E-state index < -0.39 is 0 Å². The van der Waals surface area contributed by atoms with Gasteiger partial charge < -0.3 is 9.84 Å². The maximum atomic E-state index is 10.5. The predicted molar refractivity (Wildman–Crippen MR) is 90.6 cm³/mol. The Balaban J connectivity index is 1.86. The molecule has 0 aliphatic heterocycles. The van der Waals surface area contributed by atoms with Crippen LogP contribution in [0.2, 0.25) is 0 Å². The normalized spacial score (nSPS) is 10.6. The highest BCUT2D eigenvalue weighted by molar-refractivity contribution is 5.74. The molecule has 0 amide bonds. The summed E-state index contributed by atoms with van der Waals surface area (Å²) in [7, 11) is 0. The fourth-order valence-corrected chi connectivity index (χ4v) is 2.46. The van der Waals surface area contributed by atoms with Gasteiger partial charge in [0.15, 0.2) is 0 Å². The standard InChI is InChI=1S/C19H30O3/c20-15-9-7-5-3-1-2-4-6-8-10-16-22-19-13-11-18(17-21)12-14-19/h11-14,17,20H,1-10,15-16H2. The van der Waals surface area contributed by atoms with Crippen LogP contribution in [0.25, 0.3) is 0 Å². The second-order valence-electron chi connectivity index (χ2n) is 5.79. The van der Waals surface area contributed by atoms with Crippen molar-refractivity contribution in [3.8, 4) is 5.75 Å². The molecule has 124 valence electrons. The summed E-state index contributed by atoms with van der Waals surface area (Å²) in [5.41, 5.74) is 0.684. The molecule has 0 aromatic heterocycles. The van der Waals surface area contributed by atoms with Crippen LogP contribution in [0, 0.1) is 0 Å². The minimum atomic E-state index is 0.337. The third kappa shape index (κ3) is 9.56. The average molecular weight is 306 g/mol. The molecule has 22 heavy (non-hydrogen) atoms. The van der Waals surface area contributed by atoms with Crippen LogP contribution in [0.3, 0.4) is 0 Å². The molecule has 1 N–H and O–H groups in total. The van der Waals surface area contributed by atoms with Crippen LogP contribution in [0.5, 0.6) is 5.75 Å². The van der Waals surface area contributed by atoms with Gasteiger partial charge in [0.05, 0.1) is 6.61 Å². The highest BCUT2D eigenvalue weighted by atomic mass is 16.5. The molecule has 0 spiro atoms. The zero-order chi connectivity index (χ0) is 15.9. The smallest absolute Gasteiger partial charge is 0.150 e. The Morgan fingerprint density at radius 1 is 0.773 bits per heavy atom.